The van der Waals surface area contributed by atoms with Crippen LogP contribution in [0.1, 0.15) is 57.6 Å². The first kappa shape index (κ1) is 18.1. The van der Waals surface area contributed by atoms with Crippen molar-refractivity contribution >= 4 is 5.78 Å². The van der Waals surface area contributed by atoms with Gasteiger partial charge in [0.25, 0.3) is 0 Å². The van der Waals surface area contributed by atoms with Crippen molar-refractivity contribution < 1.29 is 4.79 Å². The maximum absolute atomic E-state index is 12.4. The van der Waals surface area contributed by atoms with E-state index in [1.165, 1.54) is 22.3 Å². The maximum atomic E-state index is 12.4. The summed E-state index contributed by atoms with van der Waals surface area (Å²) >= 11 is 0. The maximum Gasteiger partial charge on any atom is 0.160 e. The van der Waals surface area contributed by atoms with Crippen molar-refractivity contribution in [3.63, 3.8) is 0 Å². The number of aryl methyl sites for hydroxylation is 3. The minimum atomic E-state index is -0.398. The van der Waals surface area contributed by atoms with Crippen molar-refractivity contribution in [2.45, 2.75) is 40.0 Å². The number of carbonyl (C=O) groups is 1. The Bertz CT molecular complexity index is 953. The molecule has 0 saturated carbocycles. The Labute approximate surface area is 156 Å². The quantitative estimate of drug-likeness (QED) is 0.409. The van der Waals surface area contributed by atoms with Gasteiger partial charge < -0.3 is 0 Å². The van der Waals surface area contributed by atoms with E-state index in [0.717, 1.165) is 16.7 Å². The second-order valence-electron chi connectivity index (χ2n) is 7.41. The summed E-state index contributed by atoms with van der Waals surface area (Å²) in [5.41, 5.74) is 7.54. The van der Waals surface area contributed by atoms with Crippen molar-refractivity contribution in [1.29, 1.82) is 0 Å². The van der Waals surface area contributed by atoms with E-state index in [-0.39, 0.29) is 5.78 Å². The summed E-state index contributed by atoms with van der Waals surface area (Å²) in [5.74, 6) is 0.104. The lowest BCUT2D eigenvalue weighted by atomic mass is 9.67. The van der Waals surface area contributed by atoms with E-state index in [1.807, 2.05) is 18.2 Å². The predicted octanol–water partition coefficient (Wildman–Crippen LogP) is 6.17. The molecule has 1 unspecified atom stereocenters. The Morgan fingerprint density at radius 1 is 0.769 bits per heavy atom. The molecule has 0 aromatic heterocycles. The van der Waals surface area contributed by atoms with Gasteiger partial charge in [0, 0.05) is 11.0 Å². The average Bonchev–Trinajstić information content (AvgIpc) is 2.63. The Morgan fingerprint density at radius 3 is 1.96 bits per heavy atom. The highest BCUT2D eigenvalue weighted by Crippen LogP contribution is 2.42. The van der Waals surface area contributed by atoms with Crippen LogP contribution in [0.2, 0.25) is 0 Å². The lowest BCUT2D eigenvalue weighted by Gasteiger charge is -2.35. The van der Waals surface area contributed by atoms with E-state index >= 15 is 0 Å². The molecule has 3 aromatic carbocycles. The van der Waals surface area contributed by atoms with Gasteiger partial charge in [0.2, 0.25) is 0 Å². The molecule has 0 amide bonds. The van der Waals surface area contributed by atoms with E-state index in [1.54, 1.807) is 6.92 Å². The molecule has 26 heavy (non-hydrogen) atoms. The topological polar surface area (TPSA) is 17.1 Å². The fraction of sp³-hybridized carbons (Fsp3) is 0.240. The summed E-state index contributed by atoms with van der Waals surface area (Å²) in [4.78, 5) is 12.4. The lowest BCUT2D eigenvalue weighted by molar-refractivity contribution is 0.101. The van der Waals surface area contributed by atoms with Gasteiger partial charge in [0.05, 0.1) is 0 Å². The Balaban J connectivity index is 2.43. The summed E-state index contributed by atoms with van der Waals surface area (Å²) < 4.78 is 0. The van der Waals surface area contributed by atoms with E-state index in [2.05, 4.69) is 76.2 Å². The molecule has 1 heteroatoms. The smallest absolute Gasteiger partial charge is 0.160 e. The first-order valence-corrected chi connectivity index (χ1v) is 9.09. The minimum Gasteiger partial charge on any atom is -0.295 e. The fourth-order valence-electron chi connectivity index (χ4n) is 3.88. The van der Waals surface area contributed by atoms with E-state index in [4.69, 9.17) is 0 Å². The summed E-state index contributed by atoms with van der Waals surface area (Å²) in [6, 6.07) is 23.2. The van der Waals surface area contributed by atoms with Crippen molar-refractivity contribution in [2.75, 3.05) is 0 Å². The standard InChI is InChI=1S/C25H26O/c1-17-11-13-19(3)23(15-17)25(5,21-9-7-6-8-10-21)24-16-18(2)12-14-22(24)20(4)26/h6-16H,1-5H3. The first-order valence-electron chi connectivity index (χ1n) is 9.09. The van der Waals surface area contributed by atoms with Gasteiger partial charge in [-0.1, -0.05) is 77.9 Å². The second-order valence-corrected chi connectivity index (χ2v) is 7.41. The van der Waals surface area contributed by atoms with Crippen molar-refractivity contribution in [2.24, 2.45) is 0 Å². The Hall–Kier alpha value is -2.67. The largest absolute Gasteiger partial charge is 0.295 e. The van der Waals surface area contributed by atoms with Gasteiger partial charge in [-0.15, -0.1) is 0 Å². The van der Waals surface area contributed by atoms with Crippen molar-refractivity contribution in [1.82, 2.24) is 0 Å². The molecule has 1 nitrogen and oxygen atoms in total. The third-order valence-corrected chi connectivity index (χ3v) is 5.38. The average molecular weight is 342 g/mol. The Morgan fingerprint density at radius 2 is 1.35 bits per heavy atom. The number of carbonyl (C=O) groups excluding carboxylic acids is 1. The lowest BCUT2D eigenvalue weighted by Crippen LogP contribution is -2.29. The second kappa shape index (κ2) is 6.92. The molecule has 0 aliphatic heterocycles. The Kier molecular flexibility index (Phi) is 4.82. The molecule has 0 fully saturated rings. The van der Waals surface area contributed by atoms with Crippen molar-refractivity contribution in [3.05, 3.63) is 106 Å². The van der Waals surface area contributed by atoms with Crippen LogP contribution in [0.4, 0.5) is 0 Å². The molecule has 0 spiro atoms. The third kappa shape index (κ3) is 3.10. The molecule has 132 valence electrons. The van der Waals surface area contributed by atoms with Crippen LogP contribution in [-0.4, -0.2) is 5.78 Å². The van der Waals surface area contributed by atoms with Gasteiger partial charge in [0.15, 0.2) is 5.78 Å². The molecular formula is C25H26O. The number of Topliss-reactive ketones (excluding diaryl/α,β-unsaturated/α-hetero) is 1. The predicted molar refractivity (Wildman–Crippen MR) is 109 cm³/mol. The van der Waals surface area contributed by atoms with Gasteiger partial charge >= 0.3 is 0 Å². The molecule has 0 saturated heterocycles. The number of hydrogen-bond acceptors (Lipinski definition) is 1. The molecule has 0 bridgehead atoms. The van der Waals surface area contributed by atoms with Crippen LogP contribution in [0, 0.1) is 20.8 Å². The number of rotatable bonds is 4. The third-order valence-electron chi connectivity index (χ3n) is 5.38. The SMILES string of the molecule is CC(=O)c1ccc(C)cc1C(C)(c1ccccc1)c1cc(C)ccc1C. The summed E-state index contributed by atoms with van der Waals surface area (Å²) in [7, 11) is 0. The van der Waals surface area contributed by atoms with Crippen LogP contribution in [0.5, 0.6) is 0 Å². The molecular weight excluding hydrogens is 316 g/mol. The van der Waals surface area contributed by atoms with Crippen LogP contribution in [0.3, 0.4) is 0 Å². The zero-order valence-electron chi connectivity index (χ0n) is 16.3. The fourth-order valence-corrected chi connectivity index (χ4v) is 3.88. The highest BCUT2D eigenvalue weighted by molar-refractivity contribution is 5.96. The summed E-state index contributed by atoms with van der Waals surface area (Å²) in [5, 5.41) is 0. The van der Waals surface area contributed by atoms with Gasteiger partial charge in [-0.25, -0.2) is 0 Å². The molecule has 0 radical (unpaired) electrons. The molecule has 0 aliphatic rings. The monoisotopic (exact) mass is 342 g/mol. The molecule has 0 heterocycles. The number of hydrogen-bond donors (Lipinski definition) is 0. The molecule has 0 aliphatic carbocycles. The molecule has 3 aromatic rings. The highest BCUT2D eigenvalue weighted by atomic mass is 16.1. The zero-order chi connectivity index (χ0) is 18.9. The van der Waals surface area contributed by atoms with Crippen molar-refractivity contribution in [3.8, 4) is 0 Å². The van der Waals surface area contributed by atoms with E-state index in [0.29, 0.717) is 0 Å². The minimum absolute atomic E-state index is 0.104. The summed E-state index contributed by atoms with van der Waals surface area (Å²) in [6.45, 7) is 10.3. The highest BCUT2D eigenvalue weighted by Gasteiger charge is 2.35. The summed E-state index contributed by atoms with van der Waals surface area (Å²) in [6.07, 6.45) is 0. The molecule has 3 rings (SSSR count). The van der Waals surface area contributed by atoms with Crippen LogP contribution >= 0.6 is 0 Å². The zero-order valence-corrected chi connectivity index (χ0v) is 16.3. The van der Waals surface area contributed by atoms with Crippen LogP contribution in [0.15, 0.2) is 66.7 Å². The number of ketones is 1. The first-order chi connectivity index (χ1) is 12.3. The van der Waals surface area contributed by atoms with Crippen LogP contribution < -0.4 is 0 Å². The normalized spacial score (nSPS) is 13.3. The van der Waals surface area contributed by atoms with Crippen LogP contribution in [-0.2, 0) is 5.41 Å². The van der Waals surface area contributed by atoms with Gasteiger partial charge in [0.1, 0.15) is 0 Å². The molecule has 0 N–H and O–H groups in total. The van der Waals surface area contributed by atoms with Gasteiger partial charge in [-0.3, -0.25) is 4.79 Å². The number of benzene rings is 3. The molecule has 1 atom stereocenters. The van der Waals surface area contributed by atoms with Gasteiger partial charge in [-0.05, 0) is 56.9 Å². The van der Waals surface area contributed by atoms with Gasteiger partial charge in [-0.2, -0.15) is 0 Å². The van der Waals surface area contributed by atoms with E-state index < -0.39 is 5.41 Å². The van der Waals surface area contributed by atoms with E-state index in [9.17, 15) is 4.79 Å². The van der Waals surface area contributed by atoms with Crippen LogP contribution in [0.25, 0.3) is 0 Å².